The van der Waals surface area contributed by atoms with Crippen molar-refractivity contribution >= 4 is 17.4 Å². The first-order valence-corrected chi connectivity index (χ1v) is 11.3. The van der Waals surface area contributed by atoms with Crippen LogP contribution in [0.15, 0.2) is 60.7 Å². The van der Waals surface area contributed by atoms with Gasteiger partial charge in [0.2, 0.25) is 0 Å². The third kappa shape index (κ3) is 5.07. The highest BCUT2D eigenvalue weighted by atomic mass is 16.5. The van der Waals surface area contributed by atoms with Crippen LogP contribution in [0.4, 0.5) is 0 Å². The van der Waals surface area contributed by atoms with Crippen LogP contribution in [0.3, 0.4) is 0 Å². The third-order valence-electron chi connectivity index (χ3n) is 5.98. The first-order valence-electron chi connectivity index (χ1n) is 11.3. The van der Waals surface area contributed by atoms with Crippen LogP contribution in [0.2, 0.25) is 0 Å². The lowest BCUT2D eigenvalue weighted by atomic mass is 9.84. The highest BCUT2D eigenvalue weighted by molar-refractivity contribution is 6.46. The minimum absolute atomic E-state index is 0.0659. The number of nitrogens with zero attached hydrogens (tertiary/aromatic N) is 1. The molecule has 1 fully saturated rings. The number of benzene rings is 2. The fourth-order valence-corrected chi connectivity index (χ4v) is 4.07. The molecule has 1 amide bonds. The van der Waals surface area contributed by atoms with Gasteiger partial charge in [-0.1, -0.05) is 57.7 Å². The number of hydrogen-bond donors (Lipinski definition) is 1. The van der Waals surface area contributed by atoms with E-state index in [1.807, 2.05) is 31.2 Å². The quantitative estimate of drug-likeness (QED) is 0.260. The number of aryl methyl sites for hydroxylation is 1. The number of ether oxygens (including phenoxy) is 2. The Balaban J connectivity index is 2.21. The van der Waals surface area contributed by atoms with Crippen LogP contribution in [-0.2, 0) is 19.7 Å². The largest absolute Gasteiger partial charge is 0.507 e. The molecule has 34 heavy (non-hydrogen) atoms. The minimum atomic E-state index is -0.764. The van der Waals surface area contributed by atoms with E-state index in [0.717, 1.165) is 11.1 Å². The van der Waals surface area contributed by atoms with Crippen LogP contribution in [0.5, 0.6) is 5.75 Å². The van der Waals surface area contributed by atoms with Crippen molar-refractivity contribution in [2.75, 3.05) is 26.9 Å². The molecule has 1 N–H and O–H groups in total. The van der Waals surface area contributed by atoms with Crippen LogP contribution >= 0.6 is 0 Å². The Kier molecular flexibility index (Phi) is 7.62. The Morgan fingerprint density at radius 1 is 1.18 bits per heavy atom. The molecular weight excluding hydrogens is 430 g/mol. The average molecular weight is 464 g/mol. The predicted octanol–water partition coefficient (Wildman–Crippen LogP) is 4.93. The molecular formula is C28H33NO5. The Morgan fingerprint density at radius 3 is 2.56 bits per heavy atom. The average Bonchev–Trinajstić information content (AvgIpc) is 3.05. The van der Waals surface area contributed by atoms with E-state index in [9.17, 15) is 14.7 Å². The predicted molar refractivity (Wildman–Crippen MR) is 133 cm³/mol. The normalized spacial score (nSPS) is 17.8. The number of likely N-dealkylation sites (tertiary alicyclic amines) is 1. The van der Waals surface area contributed by atoms with Crippen LogP contribution < -0.4 is 4.74 Å². The summed E-state index contributed by atoms with van der Waals surface area (Å²) in [4.78, 5) is 27.7. The van der Waals surface area contributed by atoms with Crippen molar-refractivity contribution in [1.29, 1.82) is 0 Å². The number of hydrogen-bond acceptors (Lipinski definition) is 5. The summed E-state index contributed by atoms with van der Waals surface area (Å²) < 4.78 is 10.8. The molecule has 1 atom stereocenters. The van der Waals surface area contributed by atoms with Gasteiger partial charge in [0, 0.05) is 19.2 Å². The van der Waals surface area contributed by atoms with Gasteiger partial charge in [0.05, 0.1) is 18.2 Å². The summed E-state index contributed by atoms with van der Waals surface area (Å²) in [5.74, 6) is -0.966. The fraction of sp³-hybridized carbons (Fsp3) is 0.357. The molecule has 0 spiro atoms. The molecule has 0 radical (unpaired) electrons. The van der Waals surface area contributed by atoms with Gasteiger partial charge in [-0.2, -0.15) is 0 Å². The van der Waals surface area contributed by atoms with Gasteiger partial charge in [-0.3, -0.25) is 9.59 Å². The molecule has 2 aromatic carbocycles. The Hall–Kier alpha value is -3.38. The van der Waals surface area contributed by atoms with Crippen molar-refractivity contribution in [3.8, 4) is 5.75 Å². The van der Waals surface area contributed by atoms with E-state index >= 15 is 0 Å². The highest BCUT2D eigenvalue weighted by Gasteiger charge is 2.46. The number of amides is 1. The van der Waals surface area contributed by atoms with E-state index in [2.05, 4.69) is 27.4 Å². The summed E-state index contributed by atoms with van der Waals surface area (Å²) in [6.07, 6.45) is 1.64. The van der Waals surface area contributed by atoms with Gasteiger partial charge in [0.1, 0.15) is 18.1 Å². The first-order chi connectivity index (χ1) is 16.1. The number of aliphatic hydroxyl groups is 1. The molecule has 0 aromatic heterocycles. The second-order valence-electron chi connectivity index (χ2n) is 9.44. The number of carbonyl (C=O) groups is 2. The van der Waals surface area contributed by atoms with Crippen LogP contribution in [0.1, 0.15) is 49.1 Å². The molecule has 180 valence electrons. The van der Waals surface area contributed by atoms with Gasteiger partial charge in [-0.15, -0.1) is 0 Å². The molecule has 0 aliphatic carbocycles. The third-order valence-corrected chi connectivity index (χ3v) is 5.98. The number of Topliss-reactive ketones (excluding diaryl/α,β-unsaturated/α-hetero) is 1. The molecule has 1 aliphatic heterocycles. The van der Waals surface area contributed by atoms with E-state index in [1.54, 1.807) is 24.3 Å². The zero-order valence-corrected chi connectivity index (χ0v) is 20.6. The smallest absolute Gasteiger partial charge is 0.295 e. The molecule has 6 nitrogen and oxygen atoms in total. The topological polar surface area (TPSA) is 76.1 Å². The Labute approximate surface area is 201 Å². The monoisotopic (exact) mass is 463 g/mol. The van der Waals surface area contributed by atoms with Crippen molar-refractivity contribution in [3.63, 3.8) is 0 Å². The van der Waals surface area contributed by atoms with Crippen molar-refractivity contribution in [1.82, 2.24) is 4.90 Å². The van der Waals surface area contributed by atoms with Gasteiger partial charge in [0.15, 0.2) is 0 Å². The number of aliphatic hydroxyl groups excluding tert-OH is 1. The zero-order chi connectivity index (χ0) is 25.0. The maximum absolute atomic E-state index is 13.2. The van der Waals surface area contributed by atoms with Crippen LogP contribution in [0, 0.1) is 6.92 Å². The van der Waals surface area contributed by atoms with E-state index in [4.69, 9.17) is 9.47 Å². The standard InChI is InChI=1S/C28H33NO5/c1-7-14-34-21-10-8-9-19(16-21)24-23(26(31)27(32)29(24)13-15-33-6)25(30)22-17-20(28(3,4)5)12-11-18(22)2/h7-12,16-17,24,30H,1,13-15H2,2-6H3/b25-23+. The van der Waals surface area contributed by atoms with Crippen molar-refractivity contribution in [2.24, 2.45) is 0 Å². The minimum Gasteiger partial charge on any atom is -0.507 e. The lowest BCUT2D eigenvalue weighted by Crippen LogP contribution is -2.32. The fourth-order valence-electron chi connectivity index (χ4n) is 4.07. The molecule has 1 aliphatic rings. The SMILES string of the molecule is C=CCOc1cccc(C2/C(=C(\O)c3cc(C(C)(C)C)ccc3C)C(=O)C(=O)N2CCOC)c1. The van der Waals surface area contributed by atoms with Gasteiger partial charge >= 0.3 is 0 Å². The molecule has 2 aromatic rings. The number of ketones is 1. The molecule has 1 heterocycles. The lowest BCUT2D eigenvalue weighted by Gasteiger charge is -2.26. The summed E-state index contributed by atoms with van der Waals surface area (Å²) in [6, 6.07) is 12.3. The number of methoxy groups -OCH3 is 1. The van der Waals surface area contributed by atoms with E-state index in [1.165, 1.54) is 12.0 Å². The summed E-state index contributed by atoms with van der Waals surface area (Å²) in [6.45, 7) is 12.6. The van der Waals surface area contributed by atoms with Crippen molar-refractivity contribution in [3.05, 3.63) is 82.9 Å². The summed E-state index contributed by atoms with van der Waals surface area (Å²) in [5, 5.41) is 11.5. The van der Waals surface area contributed by atoms with E-state index in [0.29, 0.717) is 23.5 Å². The zero-order valence-electron chi connectivity index (χ0n) is 20.6. The maximum atomic E-state index is 13.2. The Morgan fingerprint density at radius 2 is 1.91 bits per heavy atom. The maximum Gasteiger partial charge on any atom is 0.295 e. The van der Waals surface area contributed by atoms with Crippen molar-refractivity contribution < 1.29 is 24.2 Å². The van der Waals surface area contributed by atoms with E-state index in [-0.39, 0.29) is 29.9 Å². The molecule has 1 unspecified atom stereocenters. The van der Waals surface area contributed by atoms with Gasteiger partial charge in [0.25, 0.3) is 11.7 Å². The lowest BCUT2D eigenvalue weighted by molar-refractivity contribution is -0.140. The summed E-state index contributed by atoms with van der Waals surface area (Å²) >= 11 is 0. The molecule has 0 bridgehead atoms. The summed E-state index contributed by atoms with van der Waals surface area (Å²) in [7, 11) is 1.54. The molecule has 6 heteroatoms. The second kappa shape index (κ2) is 10.3. The van der Waals surface area contributed by atoms with Gasteiger partial charge in [-0.05, 0) is 47.2 Å². The van der Waals surface area contributed by atoms with Gasteiger partial charge in [-0.25, -0.2) is 0 Å². The van der Waals surface area contributed by atoms with Crippen LogP contribution in [0.25, 0.3) is 5.76 Å². The molecule has 0 saturated carbocycles. The van der Waals surface area contributed by atoms with Crippen molar-refractivity contribution in [2.45, 2.75) is 39.2 Å². The first kappa shape index (κ1) is 25.2. The highest BCUT2D eigenvalue weighted by Crippen LogP contribution is 2.41. The van der Waals surface area contributed by atoms with E-state index < -0.39 is 17.7 Å². The second-order valence-corrected chi connectivity index (χ2v) is 9.44. The molecule has 3 rings (SSSR count). The van der Waals surface area contributed by atoms with Crippen LogP contribution in [-0.4, -0.2) is 48.6 Å². The summed E-state index contributed by atoms with van der Waals surface area (Å²) in [5.41, 5.74) is 2.96. The Bertz CT molecular complexity index is 1130. The van der Waals surface area contributed by atoms with Gasteiger partial charge < -0.3 is 19.5 Å². The molecule has 1 saturated heterocycles. The number of carbonyl (C=O) groups excluding carboxylic acids is 2. The number of rotatable bonds is 8.